The second-order valence-corrected chi connectivity index (χ2v) is 9.48. The number of benzene rings is 1. The number of nitrogens with zero attached hydrogens (tertiary/aromatic N) is 4. The average Bonchev–Trinajstić information content (AvgIpc) is 3.16. The van der Waals surface area contributed by atoms with Crippen LogP contribution in [0.1, 0.15) is 75.5 Å². The Kier molecular flexibility index (Phi) is 5.79. The number of fused-ring (bicyclic) bond motifs is 1. The highest BCUT2D eigenvalue weighted by molar-refractivity contribution is 6.04. The first-order valence-electron chi connectivity index (χ1n) is 11.1. The Hall–Kier alpha value is -2.80. The fourth-order valence-electron chi connectivity index (χ4n) is 4.52. The van der Waals surface area contributed by atoms with Gasteiger partial charge in [0.2, 0.25) is 0 Å². The number of aliphatic hydroxyl groups is 1. The maximum absolute atomic E-state index is 12.7. The molecule has 1 aliphatic rings. The van der Waals surface area contributed by atoms with E-state index in [1.165, 1.54) is 31.4 Å². The molecule has 0 spiro atoms. The van der Waals surface area contributed by atoms with Crippen molar-refractivity contribution in [2.45, 2.75) is 65.0 Å². The van der Waals surface area contributed by atoms with E-state index < -0.39 is 5.60 Å². The molecule has 0 saturated heterocycles. The van der Waals surface area contributed by atoms with Crippen LogP contribution in [0, 0.1) is 11.8 Å². The van der Waals surface area contributed by atoms with Gasteiger partial charge in [0.25, 0.3) is 5.91 Å². The summed E-state index contributed by atoms with van der Waals surface area (Å²) in [6, 6.07) is 4.16. The largest absolute Gasteiger partial charge is 0.386 e. The van der Waals surface area contributed by atoms with Crippen LogP contribution in [-0.2, 0) is 5.60 Å². The molecular formula is C24H31N5O2. The van der Waals surface area contributed by atoms with Crippen molar-refractivity contribution in [3.8, 4) is 0 Å². The summed E-state index contributed by atoms with van der Waals surface area (Å²) in [4.78, 5) is 20.7. The summed E-state index contributed by atoms with van der Waals surface area (Å²) in [5.41, 5.74) is 1.07. The van der Waals surface area contributed by atoms with Gasteiger partial charge in [-0.15, -0.1) is 0 Å². The lowest BCUT2D eigenvalue weighted by molar-refractivity contribution is 0.0793. The van der Waals surface area contributed by atoms with Gasteiger partial charge >= 0.3 is 0 Å². The third-order valence-electron chi connectivity index (χ3n) is 6.42. The lowest BCUT2D eigenvalue weighted by Crippen LogP contribution is -2.21. The van der Waals surface area contributed by atoms with E-state index >= 15 is 0 Å². The van der Waals surface area contributed by atoms with Gasteiger partial charge < -0.3 is 10.4 Å². The maximum Gasteiger partial charge on any atom is 0.275 e. The van der Waals surface area contributed by atoms with Crippen molar-refractivity contribution in [1.29, 1.82) is 0 Å². The molecule has 0 bridgehead atoms. The number of rotatable bonds is 5. The molecular weight excluding hydrogens is 390 g/mol. The molecule has 1 aliphatic carbocycles. The molecule has 7 nitrogen and oxygen atoms in total. The number of anilines is 1. The molecule has 0 unspecified atom stereocenters. The lowest BCUT2D eigenvalue weighted by Gasteiger charge is -2.30. The van der Waals surface area contributed by atoms with E-state index in [2.05, 4.69) is 40.0 Å². The molecule has 31 heavy (non-hydrogen) atoms. The Labute approximate surface area is 182 Å². The third kappa shape index (κ3) is 4.61. The monoisotopic (exact) mass is 421 g/mol. The minimum Gasteiger partial charge on any atom is -0.386 e. The first-order chi connectivity index (χ1) is 14.7. The molecule has 0 atom stereocenters. The predicted octanol–water partition coefficient (Wildman–Crippen LogP) is 4.69. The van der Waals surface area contributed by atoms with E-state index in [-0.39, 0.29) is 11.6 Å². The zero-order valence-electron chi connectivity index (χ0n) is 18.7. The van der Waals surface area contributed by atoms with Crippen LogP contribution >= 0.6 is 0 Å². The van der Waals surface area contributed by atoms with Gasteiger partial charge in [0.15, 0.2) is 0 Å². The van der Waals surface area contributed by atoms with Crippen LogP contribution < -0.4 is 5.32 Å². The fraction of sp³-hybridized carbons (Fsp3) is 0.500. The van der Waals surface area contributed by atoms with Crippen molar-refractivity contribution in [1.82, 2.24) is 19.7 Å². The number of amides is 1. The Bertz CT molecular complexity index is 1060. The predicted molar refractivity (Wildman–Crippen MR) is 121 cm³/mol. The highest BCUT2D eigenvalue weighted by atomic mass is 16.3. The Balaban J connectivity index is 1.64. The molecule has 164 valence electrons. The highest BCUT2D eigenvalue weighted by Gasteiger charge is 2.27. The zero-order valence-corrected chi connectivity index (χ0v) is 18.7. The van der Waals surface area contributed by atoms with Crippen LogP contribution in [0.2, 0.25) is 0 Å². The number of carbonyl (C=O) groups is 1. The van der Waals surface area contributed by atoms with Crippen LogP contribution in [0.15, 0.2) is 36.9 Å². The average molecular weight is 422 g/mol. The molecule has 1 aromatic carbocycles. The molecule has 1 amide bonds. The van der Waals surface area contributed by atoms with E-state index in [1.807, 2.05) is 12.1 Å². The standard InChI is InChI=1S/C24H31N5O2/c1-15(2)16-5-7-18(8-6-16)29-14-17-11-21(19(24(3,4)31)12-20(17)28-29)27-23(30)22-13-25-9-10-26-22/h9-16,18,31H,5-8H2,1-4H3,(H,27,30). The maximum atomic E-state index is 12.7. The van der Waals surface area contributed by atoms with Crippen LogP contribution in [0.5, 0.6) is 0 Å². The van der Waals surface area contributed by atoms with E-state index in [4.69, 9.17) is 5.10 Å². The van der Waals surface area contributed by atoms with Crippen molar-refractivity contribution in [3.05, 3.63) is 48.2 Å². The molecule has 4 rings (SSSR count). The summed E-state index contributed by atoms with van der Waals surface area (Å²) in [6.07, 6.45) is 11.2. The lowest BCUT2D eigenvalue weighted by atomic mass is 9.80. The van der Waals surface area contributed by atoms with Crippen LogP contribution in [-0.4, -0.2) is 30.8 Å². The number of aromatic nitrogens is 4. The van der Waals surface area contributed by atoms with Gasteiger partial charge in [0, 0.05) is 35.2 Å². The van der Waals surface area contributed by atoms with Gasteiger partial charge in [-0.1, -0.05) is 13.8 Å². The van der Waals surface area contributed by atoms with Crippen molar-refractivity contribution >= 4 is 22.5 Å². The van der Waals surface area contributed by atoms with E-state index in [0.29, 0.717) is 17.3 Å². The minimum absolute atomic E-state index is 0.224. The number of nitrogens with one attached hydrogen (secondary N) is 1. The van der Waals surface area contributed by atoms with Crippen LogP contribution in [0.3, 0.4) is 0 Å². The number of hydrogen-bond acceptors (Lipinski definition) is 5. The summed E-state index contributed by atoms with van der Waals surface area (Å²) in [5, 5.41) is 19.4. The highest BCUT2D eigenvalue weighted by Crippen LogP contribution is 2.37. The van der Waals surface area contributed by atoms with Crippen LogP contribution in [0.4, 0.5) is 5.69 Å². The quantitative estimate of drug-likeness (QED) is 0.623. The van der Waals surface area contributed by atoms with Crippen LogP contribution in [0.25, 0.3) is 10.9 Å². The van der Waals surface area contributed by atoms with Gasteiger partial charge in [0.05, 0.1) is 23.4 Å². The SMILES string of the molecule is CC(C)C1CCC(n2cc3cc(NC(=O)c4cnccn4)c(C(C)(C)O)cc3n2)CC1. The number of carbonyl (C=O) groups excluding carboxylic acids is 1. The second kappa shape index (κ2) is 8.38. The summed E-state index contributed by atoms with van der Waals surface area (Å²) >= 11 is 0. The zero-order chi connectivity index (χ0) is 22.2. The summed E-state index contributed by atoms with van der Waals surface area (Å²) in [7, 11) is 0. The Morgan fingerprint density at radius 3 is 2.55 bits per heavy atom. The molecule has 3 aromatic rings. The van der Waals surface area contributed by atoms with Gasteiger partial charge in [-0.3, -0.25) is 14.5 Å². The van der Waals surface area contributed by atoms with Gasteiger partial charge in [0.1, 0.15) is 5.69 Å². The van der Waals surface area contributed by atoms with Gasteiger partial charge in [-0.25, -0.2) is 4.98 Å². The van der Waals surface area contributed by atoms with E-state index in [0.717, 1.165) is 35.6 Å². The smallest absolute Gasteiger partial charge is 0.275 e. The molecule has 0 aliphatic heterocycles. The van der Waals surface area contributed by atoms with E-state index in [1.54, 1.807) is 13.8 Å². The first-order valence-corrected chi connectivity index (χ1v) is 11.1. The minimum atomic E-state index is -1.14. The van der Waals surface area contributed by atoms with Crippen molar-refractivity contribution in [2.75, 3.05) is 5.32 Å². The van der Waals surface area contributed by atoms with Gasteiger partial charge in [-0.05, 0) is 63.5 Å². The summed E-state index contributed by atoms with van der Waals surface area (Å²) < 4.78 is 2.07. The molecule has 7 heteroatoms. The molecule has 2 heterocycles. The summed E-state index contributed by atoms with van der Waals surface area (Å²) in [5.74, 6) is 1.16. The van der Waals surface area contributed by atoms with Gasteiger partial charge in [-0.2, -0.15) is 5.10 Å². The van der Waals surface area contributed by atoms with E-state index in [9.17, 15) is 9.90 Å². The van der Waals surface area contributed by atoms with Crippen molar-refractivity contribution < 1.29 is 9.90 Å². The molecule has 2 N–H and O–H groups in total. The van der Waals surface area contributed by atoms with Crippen molar-refractivity contribution in [3.63, 3.8) is 0 Å². The third-order valence-corrected chi connectivity index (χ3v) is 6.42. The molecule has 2 aromatic heterocycles. The number of hydrogen-bond donors (Lipinski definition) is 2. The van der Waals surface area contributed by atoms with Crippen molar-refractivity contribution in [2.24, 2.45) is 11.8 Å². The molecule has 1 saturated carbocycles. The molecule has 1 fully saturated rings. The Morgan fingerprint density at radius 1 is 1.19 bits per heavy atom. The topological polar surface area (TPSA) is 92.9 Å². The Morgan fingerprint density at radius 2 is 1.94 bits per heavy atom. The molecule has 0 radical (unpaired) electrons. The first kappa shape index (κ1) is 21.4. The summed E-state index contributed by atoms with van der Waals surface area (Å²) in [6.45, 7) is 8.02. The fourth-order valence-corrected chi connectivity index (χ4v) is 4.52. The normalized spacial score (nSPS) is 19.7. The second-order valence-electron chi connectivity index (χ2n) is 9.48.